The van der Waals surface area contributed by atoms with Crippen molar-refractivity contribution in [3.05, 3.63) is 52.5 Å². The fourth-order valence-corrected chi connectivity index (χ4v) is 2.38. The molecule has 0 aliphatic rings. The van der Waals surface area contributed by atoms with Gasteiger partial charge < -0.3 is 5.73 Å². The lowest BCUT2D eigenvalue weighted by Crippen LogP contribution is -2.03. The van der Waals surface area contributed by atoms with Crippen molar-refractivity contribution in [2.45, 2.75) is 13.8 Å². The molecule has 21 heavy (non-hydrogen) atoms. The SMILES string of the molecule is Cc1ccc(Cl)c(-n2nnnc2-c2cccc(C)c2N)c1. The van der Waals surface area contributed by atoms with Crippen LogP contribution in [0.3, 0.4) is 0 Å². The Morgan fingerprint density at radius 2 is 1.95 bits per heavy atom. The molecule has 2 N–H and O–H groups in total. The number of nitrogen functional groups attached to an aromatic ring is 1. The van der Waals surface area contributed by atoms with Crippen molar-refractivity contribution in [1.82, 2.24) is 20.2 Å². The fraction of sp³-hybridized carbons (Fsp3) is 0.133. The Hall–Kier alpha value is -2.40. The summed E-state index contributed by atoms with van der Waals surface area (Å²) in [5.74, 6) is 0.573. The van der Waals surface area contributed by atoms with Crippen LogP contribution in [0, 0.1) is 13.8 Å². The number of nitrogens with two attached hydrogens (primary N) is 1. The third kappa shape index (κ3) is 2.36. The first-order chi connectivity index (χ1) is 10.1. The van der Waals surface area contributed by atoms with E-state index in [0.29, 0.717) is 16.5 Å². The predicted octanol–water partition coefficient (Wildman–Crippen LogP) is 3.18. The van der Waals surface area contributed by atoms with Gasteiger partial charge in [-0.3, -0.25) is 0 Å². The van der Waals surface area contributed by atoms with E-state index in [1.54, 1.807) is 4.68 Å². The predicted molar refractivity (Wildman–Crippen MR) is 83.5 cm³/mol. The van der Waals surface area contributed by atoms with Gasteiger partial charge in [0.15, 0.2) is 5.82 Å². The van der Waals surface area contributed by atoms with E-state index in [-0.39, 0.29) is 0 Å². The summed E-state index contributed by atoms with van der Waals surface area (Å²) in [6.45, 7) is 3.94. The number of tetrazole rings is 1. The second-order valence-electron chi connectivity index (χ2n) is 4.91. The zero-order valence-corrected chi connectivity index (χ0v) is 12.5. The number of halogens is 1. The molecule has 3 rings (SSSR count). The van der Waals surface area contributed by atoms with Gasteiger partial charge in [0, 0.05) is 11.3 Å². The van der Waals surface area contributed by atoms with E-state index >= 15 is 0 Å². The van der Waals surface area contributed by atoms with Gasteiger partial charge in [0.05, 0.1) is 10.7 Å². The minimum absolute atomic E-state index is 0.573. The molecule has 0 spiro atoms. The molecule has 0 aliphatic heterocycles. The van der Waals surface area contributed by atoms with Gasteiger partial charge in [-0.15, -0.1) is 5.10 Å². The summed E-state index contributed by atoms with van der Waals surface area (Å²) in [6, 6.07) is 11.5. The zero-order chi connectivity index (χ0) is 15.0. The molecule has 5 nitrogen and oxygen atoms in total. The first-order valence-corrected chi connectivity index (χ1v) is 6.86. The van der Waals surface area contributed by atoms with Gasteiger partial charge >= 0.3 is 0 Å². The Balaban J connectivity index is 2.22. The normalized spacial score (nSPS) is 10.8. The summed E-state index contributed by atoms with van der Waals surface area (Å²) in [6.07, 6.45) is 0. The van der Waals surface area contributed by atoms with Crippen LogP contribution in [0.5, 0.6) is 0 Å². The maximum atomic E-state index is 6.27. The highest BCUT2D eigenvalue weighted by molar-refractivity contribution is 6.32. The molecule has 0 radical (unpaired) electrons. The molecule has 0 fully saturated rings. The molecule has 0 atom stereocenters. The van der Waals surface area contributed by atoms with Crippen molar-refractivity contribution in [3.8, 4) is 17.1 Å². The van der Waals surface area contributed by atoms with Crippen molar-refractivity contribution >= 4 is 17.3 Å². The molecule has 106 valence electrons. The number of aryl methyl sites for hydroxylation is 2. The molecular formula is C15H14ClN5. The standard InChI is InChI=1S/C15H14ClN5/c1-9-6-7-12(16)13(8-9)21-15(18-19-20-21)11-5-3-4-10(2)14(11)17/h3-8H,17H2,1-2H3. The molecular weight excluding hydrogens is 286 g/mol. The van der Waals surface area contributed by atoms with Gasteiger partial charge in [-0.05, 0) is 53.6 Å². The van der Waals surface area contributed by atoms with Gasteiger partial charge in [0.2, 0.25) is 0 Å². The molecule has 0 amide bonds. The van der Waals surface area contributed by atoms with Gasteiger partial charge in [-0.25, -0.2) is 0 Å². The molecule has 1 heterocycles. The summed E-state index contributed by atoms with van der Waals surface area (Å²) < 4.78 is 1.61. The Kier molecular flexibility index (Phi) is 3.35. The largest absolute Gasteiger partial charge is 0.398 e. The van der Waals surface area contributed by atoms with Crippen molar-refractivity contribution in [3.63, 3.8) is 0 Å². The van der Waals surface area contributed by atoms with Crippen LogP contribution in [0.25, 0.3) is 17.1 Å². The molecule has 2 aromatic carbocycles. The van der Waals surface area contributed by atoms with Crippen LogP contribution in [-0.4, -0.2) is 20.2 Å². The number of benzene rings is 2. The molecule has 6 heteroatoms. The third-order valence-corrected chi connectivity index (χ3v) is 3.68. The summed E-state index contributed by atoms with van der Waals surface area (Å²) in [4.78, 5) is 0. The van der Waals surface area contributed by atoms with Crippen LogP contribution in [0.4, 0.5) is 5.69 Å². The van der Waals surface area contributed by atoms with Gasteiger partial charge in [0.1, 0.15) is 0 Å². The summed E-state index contributed by atoms with van der Waals surface area (Å²) in [5, 5.41) is 12.5. The topological polar surface area (TPSA) is 69.6 Å². The maximum absolute atomic E-state index is 6.27. The van der Waals surface area contributed by atoms with Crippen LogP contribution < -0.4 is 5.73 Å². The average molecular weight is 300 g/mol. The summed E-state index contributed by atoms with van der Waals surface area (Å²) in [5.41, 5.74) is 10.4. The first kappa shape index (κ1) is 13.6. The van der Waals surface area contributed by atoms with Crippen LogP contribution in [0.15, 0.2) is 36.4 Å². The van der Waals surface area contributed by atoms with Crippen molar-refractivity contribution in [2.75, 3.05) is 5.73 Å². The van der Waals surface area contributed by atoms with E-state index in [1.165, 1.54) is 0 Å². The Morgan fingerprint density at radius 1 is 1.14 bits per heavy atom. The fourth-order valence-electron chi connectivity index (χ4n) is 2.18. The highest BCUT2D eigenvalue weighted by Crippen LogP contribution is 2.30. The summed E-state index contributed by atoms with van der Waals surface area (Å²) in [7, 11) is 0. The van der Waals surface area contributed by atoms with Gasteiger partial charge in [0.25, 0.3) is 0 Å². The molecule has 0 bridgehead atoms. The number of nitrogens with zero attached hydrogens (tertiary/aromatic N) is 4. The second kappa shape index (κ2) is 5.18. The van der Waals surface area contributed by atoms with Crippen molar-refractivity contribution in [1.29, 1.82) is 0 Å². The molecule has 0 saturated heterocycles. The molecule has 0 saturated carbocycles. The molecule has 0 aliphatic carbocycles. The van der Waals surface area contributed by atoms with Crippen LogP contribution >= 0.6 is 11.6 Å². The lowest BCUT2D eigenvalue weighted by molar-refractivity contribution is 0.791. The maximum Gasteiger partial charge on any atom is 0.189 e. The minimum Gasteiger partial charge on any atom is -0.398 e. The quantitative estimate of drug-likeness (QED) is 0.738. The van der Waals surface area contributed by atoms with Crippen molar-refractivity contribution in [2.24, 2.45) is 0 Å². The number of aromatic nitrogens is 4. The highest BCUT2D eigenvalue weighted by Gasteiger charge is 2.16. The molecule has 1 aromatic heterocycles. The zero-order valence-electron chi connectivity index (χ0n) is 11.7. The van der Waals surface area contributed by atoms with E-state index in [9.17, 15) is 0 Å². The van der Waals surface area contributed by atoms with Crippen LogP contribution in [0.1, 0.15) is 11.1 Å². The van der Waals surface area contributed by atoms with Crippen LogP contribution in [0.2, 0.25) is 5.02 Å². The Bertz CT molecular complexity index is 793. The van der Waals surface area contributed by atoms with Crippen LogP contribution in [-0.2, 0) is 0 Å². The van der Waals surface area contributed by atoms with E-state index in [0.717, 1.165) is 22.4 Å². The number of anilines is 1. The Morgan fingerprint density at radius 3 is 2.76 bits per heavy atom. The smallest absolute Gasteiger partial charge is 0.189 e. The monoisotopic (exact) mass is 299 g/mol. The first-order valence-electron chi connectivity index (χ1n) is 6.48. The third-order valence-electron chi connectivity index (χ3n) is 3.36. The Labute approximate surface area is 127 Å². The van der Waals surface area contributed by atoms with E-state index in [2.05, 4.69) is 15.5 Å². The lowest BCUT2D eigenvalue weighted by atomic mass is 10.1. The van der Waals surface area contributed by atoms with Gasteiger partial charge in [-0.2, -0.15) is 4.68 Å². The number of hydrogen-bond acceptors (Lipinski definition) is 4. The second-order valence-corrected chi connectivity index (χ2v) is 5.31. The minimum atomic E-state index is 0.573. The average Bonchev–Trinajstić information content (AvgIpc) is 2.93. The number of hydrogen-bond donors (Lipinski definition) is 1. The molecule has 0 unspecified atom stereocenters. The number of rotatable bonds is 2. The molecule has 3 aromatic rings. The van der Waals surface area contributed by atoms with Gasteiger partial charge in [-0.1, -0.05) is 29.8 Å². The highest BCUT2D eigenvalue weighted by atomic mass is 35.5. The summed E-state index contributed by atoms with van der Waals surface area (Å²) >= 11 is 6.27. The van der Waals surface area contributed by atoms with E-state index < -0.39 is 0 Å². The number of para-hydroxylation sites is 1. The van der Waals surface area contributed by atoms with E-state index in [1.807, 2.05) is 50.2 Å². The lowest BCUT2D eigenvalue weighted by Gasteiger charge is -2.10. The van der Waals surface area contributed by atoms with E-state index in [4.69, 9.17) is 17.3 Å². The van der Waals surface area contributed by atoms with Crippen molar-refractivity contribution < 1.29 is 0 Å².